The Labute approximate surface area is 109 Å². The van der Waals surface area contributed by atoms with Crippen LogP contribution in [0.4, 0.5) is 0 Å². The zero-order chi connectivity index (χ0) is 10.7. The summed E-state index contributed by atoms with van der Waals surface area (Å²) in [5.41, 5.74) is 0. The molecule has 5 heteroatoms. The fraction of sp³-hybridized carbons (Fsp3) is 0. The highest BCUT2D eigenvalue weighted by Crippen LogP contribution is 2.30. The van der Waals surface area contributed by atoms with Gasteiger partial charge in [0.2, 0.25) is 0 Å². The molecule has 0 atom stereocenters. The highest BCUT2D eigenvalue weighted by atomic mass is 79.9. The van der Waals surface area contributed by atoms with Gasteiger partial charge in [-0.3, -0.25) is 0 Å². The monoisotopic (exact) mass is 344 g/mol. The van der Waals surface area contributed by atoms with Crippen LogP contribution in [-0.2, 0) is 0 Å². The van der Waals surface area contributed by atoms with Crippen molar-refractivity contribution in [3.63, 3.8) is 0 Å². The molecule has 0 saturated carbocycles. The molecule has 15 heavy (non-hydrogen) atoms. The zero-order valence-electron chi connectivity index (χ0n) is 7.52. The lowest BCUT2D eigenvalue weighted by Crippen LogP contribution is -1.83. The van der Waals surface area contributed by atoms with Gasteiger partial charge in [-0.05, 0) is 67.9 Å². The van der Waals surface area contributed by atoms with Gasteiger partial charge in [-0.2, -0.15) is 0 Å². The summed E-state index contributed by atoms with van der Waals surface area (Å²) in [4.78, 5) is 8.59. The molecule has 2 rings (SSSR count). The quantitative estimate of drug-likeness (QED) is 0.764. The number of hydrogen-bond donors (Lipinski definition) is 0. The summed E-state index contributed by atoms with van der Waals surface area (Å²) in [7, 11) is 0. The highest BCUT2D eigenvalue weighted by molar-refractivity contribution is 9.10. The number of nitrogens with zero attached hydrogens (tertiary/aromatic N) is 2. The lowest BCUT2D eigenvalue weighted by molar-refractivity contribution is 1.07. The molecule has 0 aromatic carbocycles. The second-order valence-electron chi connectivity index (χ2n) is 2.69. The van der Waals surface area contributed by atoms with Gasteiger partial charge in [-0.1, -0.05) is 6.07 Å². The maximum Gasteiger partial charge on any atom is 0.116 e. The van der Waals surface area contributed by atoms with Gasteiger partial charge in [0, 0.05) is 6.20 Å². The normalized spacial score (nSPS) is 10.3. The molecule has 0 spiro atoms. The van der Waals surface area contributed by atoms with Crippen molar-refractivity contribution in [2.45, 2.75) is 10.1 Å². The van der Waals surface area contributed by atoms with Crippen molar-refractivity contribution in [2.24, 2.45) is 0 Å². The van der Waals surface area contributed by atoms with Gasteiger partial charge in [-0.15, -0.1) is 0 Å². The Morgan fingerprint density at radius 2 is 1.93 bits per heavy atom. The average molecular weight is 346 g/mol. The van der Waals surface area contributed by atoms with Crippen LogP contribution in [-0.4, -0.2) is 9.97 Å². The van der Waals surface area contributed by atoms with E-state index in [2.05, 4.69) is 41.8 Å². The first kappa shape index (κ1) is 11.1. The lowest BCUT2D eigenvalue weighted by Gasteiger charge is -2.01. The Bertz CT molecular complexity index is 476. The van der Waals surface area contributed by atoms with Crippen molar-refractivity contribution in [3.05, 3.63) is 45.6 Å². The van der Waals surface area contributed by atoms with Gasteiger partial charge >= 0.3 is 0 Å². The molecule has 0 aliphatic carbocycles. The molecule has 0 radical (unpaired) electrons. The van der Waals surface area contributed by atoms with Crippen LogP contribution in [0.15, 0.2) is 55.7 Å². The predicted octanol–water partition coefficient (Wildman–Crippen LogP) is 4.15. The van der Waals surface area contributed by atoms with Crippen LogP contribution in [0.3, 0.4) is 0 Å². The van der Waals surface area contributed by atoms with Crippen LogP contribution in [0.25, 0.3) is 0 Å². The molecule has 76 valence electrons. The number of pyridine rings is 2. The van der Waals surface area contributed by atoms with E-state index in [1.165, 1.54) is 11.8 Å². The van der Waals surface area contributed by atoms with Crippen LogP contribution in [0.2, 0.25) is 0 Å². The number of hydrogen-bond acceptors (Lipinski definition) is 3. The summed E-state index contributed by atoms with van der Waals surface area (Å²) >= 11 is 8.32. The van der Waals surface area contributed by atoms with Crippen molar-refractivity contribution >= 4 is 43.6 Å². The lowest BCUT2D eigenvalue weighted by atomic mass is 10.5. The topological polar surface area (TPSA) is 25.8 Å². The van der Waals surface area contributed by atoms with Gasteiger partial charge in [0.15, 0.2) is 0 Å². The number of rotatable bonds is 2. The molecule has 0 fully saturated rings. The van der Waals surface area contributed by atoms with E-state index in [-0.39, 0.29) is 0 Å². The Morgan fingerprint density at radius 1 is 1.07 bits per heavy atom. The van der Waals surface area contributed by atoms with E-state index >= 15 is 0 Å². The molecule has 0 N–H and O–H groups in total. The highest BCUT2D eigenvalue weighted by Gasteiger charge is 2.04. The van der Waals surface area contributed by atoms with Gasteiger partial charge in [0.05, 0.1) is 4.47 Å². The average Bonchev–Trinajstić information content (AvgIpc) is 2.22. The van der Waals surface area contributed by atoms with Crippen molar-refractivity contribution < 1.29 is 0 Å². The second-order valence-corrected chi connectivity index (χ2v) is 5.37. The minimum absolute atomic E-state index is 0.833. The minimum Gasteiger partial charge on any atom is -0.248 e. The SMILES string of the molecule is Brc1cccc(Sc2ncccc2Br)n1. The molecule has 0 aliphatic rings. The molecule has 0 saturated heterocycles. The molecule has 0 aliphatic heterocycles. The summed E-state index contributed by atoms with van der Waals surface area (Å²) in [6.45, 7) is 0. The third kappa shape index (κ3) is 3.03. The smallest absolute Gasteiger partial charge is 0.116 e. The molecule has 2 nitrogen and oxygen atoms in total. The molecule has 2 heterocycles. The Morgan fingerprint density at radius 3 is 2.67 bits per heavy atom. The molecular weight excluding hydrogens is 340 g/mol. The first-order chi connectivity index (χ1) is 7.25. The molecule has 2 aromatic heterocycles. The van der Waals surface area contributed by atoms with Crippen molar-refractivity contribution in [3.8, 4) is 0 Å². The van der Waals surface area contributed by atoms with E-state index in [1.807, 2.05) is 30.3 Å². The van der Waals surface area contributed by atoms with Gasteiger partial charge in [0.25, 0.3) is 0 Å². The van der Waals surface area contributed by atoms with Crippen molar-refractivity contribution in [1.29, 1.82) is 0 Å². The first-order valence-electron chi connectivity index (χ1n) is 4.16. The Hall–Kier alpha value is -0.390. The van der Waals surface area contributed by atoms with E-state index in [0.717, 1.165) is 19.1 Å². The largest absolute Gasteiger partial charge is 0.248 e. The van der Waals surface area contributed by atoms with E-state index in [4.69, 9.17) is 0 Å². The third-order valence-electron chi connectivity index (χ3n) is 1.62. The van der Waals surface area contributed by atoms with Gasteiger partial charge < -0.3 is 0 Å². The third-order valence-corrected chi connectivity index (χ3v) is 3.91. The summed E-state index contributed by atoms with van der Waals surface area (Å²) in [6.07, 6.45) is 1.77. The van der Waals surface area contributed by atoms with Crippen molar-refractivity contribution in [1.82, 2.24) is 9.97 Å². The van der Waals surface area contributed by atoms with E-state index < -0.39 is 0 Å². The van der Waals surface area contributed by atoms with E-state index in [1.54, 1.807) is 6.20 Å². The molecule has 0 bridgehead atoms. The van der Waals surface area contributed by atoms with Crippen LogP contribution in [0.5, 0.6) is 0 Å². The van der Waals surface area contributed by atoms with Crippen LogP contribution >= 0.6 is 43.6 Å². The number of halogens is 2. The maximum absolute atomic E-state index is 4.33. The zero-order valence-corrected chi connectivity index (χ0v) is 11.5. The standard InChI is InChI=1S/C10H6Br2N2S/c11-7-3-2-6-13-10(7)15-9-5-1-4-8(12)14-9/h1-6H. The fourth-order valence-corrected chi connectivity index (χ4v) is 2.72. The van der Waals surface area contributed by atoms with Crippen molar-refractivity contribution in [2.75, 3.05) is 0 Å². The molecule has 2 aromatic rings. The van der Waals surface area contributed by atoms with Crippen LogP contribution < -0.4 is 0 Å². The van der Waals surface area contributed by atoms with E-state index in [0.29, 0.717) is 0 Å². The first-order valence-corrected chi connectivity index (χ1v) is 6.57. The fourth-order valence-electron chi connectivity index (χ4n) is 0.992. The molecular formula is C10H6Br2N2S. The summed E-state index contributed by atoms with van der Waals surface area (Å²) < 4.78 is 1.82. The Balaban J connectivity index is 2.26. The van der Waals surface area contributed by atoms with Crippen LogP contribution in [0, 0.1) is 0 Å². The summed E-state index contributed by atoms with van der Waals surface area (Å²) in [5.74, 6) is 0. The van der Waals surface area contributed by atoms with E-state index in [9.17, 15) is 0 Å². The molecule has 0 unspecified atom stereocenters. The Kier molecular flexibility index (Phi) is 3.77. The van der Waals surface area contributed by atoms with Gasteiger partial charge in [0.1, 0.15) is 14.7 Å². The maximum atomic E-state index is 4.33. The van der Waals surface area contributed by atoms with Crippen LogP contribution in [0.1, 0.15) is 0 Å². The number of aromatic nitrogens is 2. The minimum atomic E-state index is 0.833. The summed E-state index contributed by atoms with van der Waals surface area (Å²) in [6, 6.07) is 9.67. The predicted molar refractivity (Wildman–Crippen MR) is 68.0 cm³/mol. The molecule has 0 amide bonds. The van der Waals surface area contributed by atoms with Gasteiger partial charge in [-0.25, -0.2) is 9.97 Å². The second kappa shape index (κ2) is 5.09. The summed E-state index contributed by atoms with van der Waals surface area (Å²) in [5, 5.41) is 1.84.